The molecule has 0 aliphatic carbocycles. The predicted molar refractivity (Wildman–Crippen MR) is 68.4 cm³/mol. The molecule has 0 amide bonds. The molecule has 6 heteroatoms. The fraction of sp³-hybridized carbons (Fsp3) is 1.00. The van der Waals surface area contributed by atoms with Gasteiger partial charge in [-0.3, -0.25) is 0 Å². The molecule has 2 atom stereocenters. The van der Waals surface area contributed by atoms with Gasteiger partial charge in [0.2, 0.25) is 10.0 Å². The van der Waals surface area contributed by atoms with Crippen molar-refractivity contribution in [1.29, 1.82) is 0 Å². The molecule has 1 aliphatic heterocycles. The highest BCUT2D eigenvalue weighted by molar-refractivity contribution is 7.89. The molecule has 0 saturated carbocycles. The third-order valence-electron chi connectivity index (χ3n) is 2.97. The maximum absolute atomic E-state index is 11.8. The van der Waals surface area contributed by atoms with E-state index in [9.17, 15) is 8.42 Å². The molecule has 0 spiro atoms. The Morgan fingerprint density at radius 1 is 1.41 bits per heavy atom. The SMILES string of the molecule is CC(C)OCCS(=O)(=O)NC(C)C1CCNC1. The maximum atomic E-state index is 11.8. The van der Waals surface area contributed by atoms with Crippen LogP contribution < -0.4 is 10.0 Å². The van der Waals surface area contributed by atoms with E-state index in [0.29, 0.717) is 5.92 Å². The van der Waals surface area contributed by atoms with Crippen molar-refractivity contribution in [1.82, 2.24) is 10.0 Å². The Balaban J connectivity index is 2.32. The molecule has 2 N–H and O–H groups in total. The largest absolute Gasteiger partial charge is 0.378 e. The summed E-state index contributed by atoms with van der Waals surface area (Å²) in [5.41, 5.74) is 0. The first kappa shape index (κ1) is 14.9. The topological polar surface area (TPSA) is 67.4 Å². The van der Waals surface area contributed by atoms with Crippen LogP contribution in [0, 0.1) is 5.92 Å². The Kier molecular flexibility index (Phi) is 5.85. The van der Waals surface area contributed by atoms with Gasteiger partial charge in [-0.15, -0.1) is 0 Å². The van der Waals surface area contributed by atoms with Crippen LogP contribution in [-0.4, -0.2) is 46.0 Å². The molecule has 1 heterocycles. The third kappa shape index (κ3) is 5.81. The lowest BCUT2D eigenvalue weighted by atomic mass is 10.0. The molecule has 1 aliphatic rings. The molecular formula is C11H24N2O3S. The predicted octanol–water partition coefficient (Wildman–Crippen LogP) is 0.329. The number of ether oxygens (including phenoxy) is 1. The Hall–Kier alpha value is -0.170. The summed E-state index contributed by atoms with van der Waals surface area (Å²) in [7, 11) is -3.22. The van der Waals surface area contributed by atoms with Crippen molar-refractivity contribution in [2.75, 3.05) is 25.4 Å². The van der Waals surface area contributed by atoms with Gasteiger partial charge in [0, 0.05) is 6.04 Å². The first-order chi connectivity index (χ1) is 7.91. The van der Waals surface area contributed by atoms with E-state index in [1.54, 1.807) is 0 Å². The zero-order valence-electron chi connectivity index (χ0n) is 10.9. The molecule has 1 saturated heterocycles. The lowest BCUT2D eigenvalue weighted by Crippen LogP contribution is -2.40. The van der Waals surface area contributed by atoms with Crippen LogP contribution in [-0.2, 0) is 14.8 Å². The molecule has 0 radical (unpaired) electrons. The smallest absolute Gasteiger partial charge is 0.214 e. The van der Waals surface area contributed by atoms with E-state index in [-0.39, 0.29) is 24.5 Å². The summed E-state index contributed by atoms with van der Waals surface area (Å²) < 4.78 is 31.5. The third-order valence-corrected chi connectivity index (χ3v) is 4.41. The van der Waals surface area contributed by atoms with E-state index in [4.69, 9.17) is 4.74 Å². The highest BCUT2D eigenvalue weighted by atomic mass is 32.2. The van der Waals surface area contributed by atoms with E-state index in [2.05, 4.69) is 10.0 Å². The normalized spacial score (nSPS) is 23.2. The summed E-state index contributed by atoms with van der Waals surface area (Å²) in [6.45, 7) is 7.85. The highest BCUT2D eigenvalue weighted by Crippen LogP contribution is 2.13. The van der Waals surface area contributed by atoms with Gasteiger partial charge in [-0.2, -0.15) is 0 Å². The van der Waals surface area contributed by atoms with Crippen LogP contribution in [0.3, 0.4) is 0 Å². The minimum Gasteiger partial charge on any atom is -0.378 e. The van der Waals surface area contributed by atoms with Crippen LogP contribution in [0.1, 0.15) is 27.2 Å². The van der Waals surface area contributed by atoms with Crippen molar-refractivity contribution in [3.05, 3.63) is 0 Å². The second-order valence-corrected chi connectivity index (χ2v) is 6.77. The molecule has 1 rings (SSSR count). The van der Waals surface area contributed by atoms with Crippen molar-refractivity contribution in [2.24, 2.45) is 5.92 Å². The summed E-state index contributed by atoms with van der Waals surface area (Å²) in [6.07, 6.45) is 1.10. The average molecular weight is 264 g/mol. The molecule has 2 unspecified atom stereocenters. The second-order valence-electron chi connectivity index (χ2n) is 4.90. The first-order valence-corrected chi connectivity index (χ1v) is 7.88. The monoisotopic (exact) mass is 264 g/mol. The van der Waals surface area contributed by atoms with Gasteiger partial charge in [-0.25, -0.2) is 13.1 Å². The van der Waals surface area contributed by atoms with Gasteiger partial charge in [0.1, 0.15) is 0 Å². The summed E-state index contributed by atoms with van der Waals surface area (Å²) in [6, 6.07) is -0.00551. The molecular weight excluding hydrogens is 240 g/mol. The Morgan fingerprint density at radius 3 is 2.65 bits per heavy atom. The van der Waals surface area contributed by atoms with Gasteiger partial charge in [0.05, 0.1) is 18.5 Å². The van der Waals surface area contributed by atoms with Gasteiger partial charge in [-0.1, -0.05) is 0 Å². The average Bonchev–Trinajstić information content (AvgIpc) is 2.68. The van der Waals surface area contributed by atoms with Crippen molar-refractivity contribution in [3.8, 4) is 0 Å². The van der Waals surface area contributed by atoms with Crippen LogP contribution in [0.15, 0.2) is 0 Å². The molecule has 0 aromatic carbocycles. The zero-order valence-corrected chi connectivity index (χ0v) is 11.7. The molecule has 0 bridgehead atoms. The van der Waals surface area contributed by atoms with Crippen LogP contribution >= 0.6 is 0 Å². The Labute approximate surface area is 104 Å². The van der Waals surface area contributed by atoms with Crippen molar-refractivity contribution < 1.29 is 13.2 Å². The van der Waals surface area contributed by atoms with Gasteiger partial charge >= 0.3 is 0 Å². The quantitative estimate of drug-likeness (QED) is 0.695. The number of sulfonamides is 1. The zero-order chi connectivity index (χ0) is 12.9. The lowest BCUT2D eigenvalue weighted by molar-refractivity contribution is 0.0911. The van der Waals surface area contributed by atoms with E-state index in [1.807, 2.05) is 20.8 Å². The molecule has 0 aromatic rings. The van der Waals surface area contributed by atoms with E-state index >= 15 is 0 Å². The number of hydrogen-bond donors (Lipinski definition) is 2. The Morgan fingerprint density at radius 2 is 2.12 bits per heavy atom. The van der Waals surface area contributed by atoms with E-state index < -0.39 is 10.0 Å². The Bertz CT molecular complexity index is 311. The van der Waals surface area contributed by atoms with E-state index in [1.165, 1.54) is 0 Å². The van der Waals surface area contributed by atoms with Crippen molar-refractivity contribution in [2.45, 2.75) is 39.3 Å². The number of hydrogen-bond acceptors (Lipinski definition) is 4. The van der Waals surface area contributed by atoms with Gasteiger partial charge in [0.25, 0.3) is 0 Å². The standard InChI is InChI=1S/C11H24N2O3S/c1-9(2)16-6-7-17(14,15)13-10(3)11-4-5-12-8-11/h9-13H,4-8H2,1-3H3. The van der Waals surface area contributed by atoms with Gasteiger partial charge in [-0.05, 0) is 46.2 Å². The van der Waals surface area contributed by atoms with Gasteiger partial charge in [0.15, 0.2) is 0 Å². The molecule has 17 heavy (non-hydrogen) atoms. The fourth-order valence-electron chi connectivity index (χ4n) is 1.94. The maximum Gasteiger partial charge on any atom is 0.214 e. The van der Waals surface area contributed by atoms with Crippen LogP contribution in [0.4, 0.5) is 0 Å². The van der Waals surface area contributed by atoms with E-state index in [0.717, 1.165) is 19.5 Å². The van der Waals surface area contributed by atoms with Crippen molar-refractivity contribution >= 4 is 10.0 Å². The first-order valence-electron chi connectivity index (χ1n) is 6.23. The molecule has 5 nitrogen and oxygen atoms in total. The summed E-state index contributed by atoms with van der Waals surface area (Å²) in [5, 5.41) is 3.24. The molecule has 0 aromatic heterocycles. The lowest BCUT2D eigenvalue weighted by Gasteiger charge is -2.19. The summed E-state index contributed by atoms with van der Waals surface area (Å²) in [5.74, 6) is 0.436. The number of rotatable bonds is 7. The van der Waals surface area contributed by atoms with Crippen LogP contribution in [0.25, 0.3) is 0 Å². The molecule has 1 fully saturated rings. The minimum atomic E-state index is -3.22. The second kappa shape index (κ2) is 6.68. The summed E-state index contributed by atoms with van der Waals surface area (Å²) >= 11 is 0. The van der Waals surface area contributed by atoms with Crippen LogP contribution in [0.5, 0.6) is 0 Å². The fourth-order valence-corrected chi connectivity index (χ4v) is 3.13. The minimum absolute atomic E-state index is 0.00551. The molecule has 102 valence electrons. The summed E-state index contributed by atoms with van der Waals surface area (Å²) in [4.78, 5) is 0. The van der Waals surface area contributed by atoms with Crippen LogP contribution in [0.2, 0.25) is 0 Å². The van der Waals surface area contributed by atoms with Gasteiger partial charge < -0.3 is 10.1 Å². The number of nitrogens with one attached hydrogen (secondary N) is 2. The highest BCUT2D eigenvalue weighted by Gasteiger charge is 2.24. The van der Waals surface area contributed by atoms with Crippen molar-refractivity contribution in [3.63, 3.8) is 0 Å².